The first-order valence-electron chi connectivity index (χ1n) is 4.23. The van der Waals surface area contributed by atoms with Crippen molar-refractivity contribution in [2.45, 2.75) is 33.2 Å². The number of aromatic nitrogens is 2. The van der Waals surface area contributed by atoms with Crippen molar-refractivity contribution >= 4 is 11.7 Å². The van der Waals surface area contributed by atoms with E-state index in [0.29, 0.717) is 0 Å². The summed E-state index contributed by atoms with van der Waals surface area (Å²) in [7, 11) is 0. The lowest BCUT2D eigenvalue weighted by Gasteiger charge is -2.21. The molecule has 0 aromatic carbocycles. The second-order valence-electron chi connectivity index (χ2n) is 3.98. The van der Waals surface area contributed by atoms with Gasteiger partial charge in [0.1, 0.15) is 5.82 Å². The van der Waals surface area contributed by atoms with Crippen LogP contribution >= 0.6 is 0 Å². The minimum Gasteiger partial charge on any atom is -0.311 e. The van der Waals surface area contributed by atoms with Crippen LogP contribution in [0.2, 0.25) is 0 Å². The van der Waals surface area contributed by atoms with Crippen LogP contribution in [-0.2, 0) is 10.3 Å². The van der Waals surface area contributed by atoms with Crippen molar-refractivity contribution < 1.29 is 4.79 Å². The van der Waals surface area contributed by atoms with Gasteiger partial charge in [-0.05, 0) is 20.8 Å². The topological polar surface area (TPSA) is 46.9 Å². The van der Waals surface area contributed by atoms with Crippen molar-refractivity contribution in [3.63, 3.8) is 0 Å². The number of carbonyl (C=O) groups is 1. The first-order chi connectivity index (χ1) is 5.91. The lowest BCUT2D eigenvalue weighted by atomic mass is 10.1. The van der Waals surface area contributed by atoms with Crippen LogP contribution in [0.4, 0.5) is 5.82 Å². The molecule has 13 heavy (non-hydrogen) atoms. The minimum atomic E-state index is -0.110. The van der Waals surface area contributed by atoms with Crippen molar-refractivity contribution in [2.75, 3.05) is 5.32 Å². The molecule has 0 atom stereocenters. The van der Waals surface area contributed by atoms with E-state index in [1.807, 2.05) is 20.8 Å². The van der Waals surface area contributed by atoms with Crippen LogP contribution in [0.5, 0.6) is 0 Å². The Kier molecular flexibility index (Phi) is 2.40. The van der Waals surface area contributed by atoms with Gasteiger partial charge in [-0.25, -0.2) is 4.68 Å². The molecule has 1 amide bonds. The number of anilines is 1. The molecule has 0 aliphatic rings. The number of nitrogens with one attached hydrogen (secondary N) is 1. The van der Waals surface area contributed by atoms with E-state index in [1.54, 1.807) is 16.9 Å². The van der Waals surface area contributed by atoms with E-state index in [9.17, 15) is 4.79 Å². The SMILES string of the molecule is CC(=O)Nc1ccnn1C(C)(C)C. The molecule has 1 N–H and O–H groups in total. The van der Waals surface area contributed by atoms with Gasteiger partial charge in [-0.1, -0.05) is 0 Å². The van der Waals surface area contributed by atoms with Gasteiger partial charge in [0.05, 0.1) is 11.7 Å². The maximum atomic E-state index is 10.8. The normalized spacial score (nSPS) is 11.4. The molecular weight excluding hydrogens is 166 g/mol. The van der Waals surface area contributed by atoms with Crippen molar-refractivity contribution in [2.24, 2.45) is 0 Å². The van der Waals surface area contributed by atoms with E-state index in [1.165, 1.54) is 6.92 Å². The van der Waals surface area contributed by atoms with E-state index >= 15 is 0 Å². The lowest BCUT2D eigenvalue weighted by molar-refractivity contribution is -0.114. The third kappa shape index (κ3) is 2.31. The quantitative estimate of drug-likeness (QED) is 0.715. The molecule has 0 spiro atoms. The second-order valence-corrected chi connectivity index (χ2v) is 3.98. The van der Waals surface area contributed by atoms with Gasteiger partial charge >= 0.3 is 0 Å². The Morgan fingerprint density at radius 3 is 2.62 bits per heavy atom. The fourth-order valence-corrected chi connectivity index (χ4v) is 1.11. The average molecular weight is 181 g/mol. The summed E-state index contributed by atoms with van der Waals surface area (Å²) < 4.78 is 1.79. The zero-order valence-electron chi connectivity index (χ0n) is 8.46. The summed E-state index contributed by atoms with van der Waals surface area (Å²) >= 11 is 0. The van der Waals surface area contributed by atoms with Crippen LogP contribution in [0.15, 0.2) is 12.3 Å². The number of carbonyl (C=O) groups excluding carboxylic acids is 1. The number of nitrogens with zero attached hydrogens (tertiary/aromatic N) is 2. The van der Waals surface area contributed by atoms with Crippen molar-refractivity contribution in [1.82, 2.24) is 9.78 Å². The van der Waals surface area contributed by atoms with E-state index < -0.39 is 0 Å². The molecule has 0 bridgehead atoms. The van der Waals surface area contributed by atoms with Crippen LogP contribution in [-0.4, -0.2) is 15.7 Å². The highest BCUT2D eigenvalue weighted by molar-refractivity contribution is 5.87. The molecular formula is C9H15N3O. The van der Waals surface area contributed by atoms with E-state index in [-0.39, 0.29) is 11.4 Å². The van der Waals surface area contributed by atoms with Crippen LogP contribution in [0.1, 0.15) is 27.7 Å². The molecule has 4 nitrogen and oxygen atoms in total. The highest BCUT2D eigenvalue weighted by atomic mass is 16.1. The van der Waals surface area contributed by atoms with E-state index in [4.69, 9.17) is 0 Å². The van der Waals surface area contributed by atoms with E-state index in [2.05, 4.69) is 10.4 Å². The summed E-state index contributed by atoms with van der Waals surface area (Å²) in [4.78, 5) is 10.8. The van der Waals surface area contributed by atoms with Crippen LogP contribution in [0.3, 0.4) is 0 Å². The number of hydrogen-bond donors (Lipinski definition) is 1. The molecule has 0 aliphatic heterocycles. The third-order valence-corrected chi connectivity index (χ3v) is 1.58. The Labute approximate surface area is 77.9 Å². The highest BCUT2D eigenvalue weighted by Crippen LogP contribution is 2.18. The molecule has 1 heterocycles. The largest absolute Gasteiger partial charge is 0.311 e. The van der Waals surface area contributed by atoms with Crippen LogP contribution in [0, 0.1) is 0 Å². The van der Waals surface area contributed by atoms with Crippen LogP contribution < -0.4 is 5.32 Å². The molecule has 4 heteroatoms. The van der Waals surface area contributed by atoms with E-state index in [0.717, 1.165) is 5.82 Å². The van der Waals surface area contributed by atoms with Gasteiger partial charge in [-0.3, -0.25) is 4.79 Å². The number of amides is 1. The lowest BCUT2D eigenvalue weighted by Crippen LogP contribution is -2.25. The van der Waals surface area contributed by atoms with Gasteiger partial charge in [0.2, 0.25) is 5.91 Å². The third-order valence-electron chi connectivity index (χ3n) is 1.58. The second kappa shape index (κ2) is 3.20. The smallest absolute Gasteiger partial charge is 0.222 e. The Morgan fingerprint density at radius 2 is 2.15 bits per heavy atom. The summed E-state index contributed by atoms with van der Waals surface area (Å²) in [5, 5.41) is 6.86. The molecule has 0 saturated heterocycles. The first-order valence-corrected chi connectivity index (χ1v) is 4.23. The summed E-state index contributed by atoms with van der Waals surface area (Å²) in [5.74, 6) is 0.658. The fraction of sp³-hybridized carbons (Fsp3) is 0.556. The average Bonchev–Trinajstić information content (AvgIpc) is 2.31. The number of hydrogen-bond acceptors (Lipinski definition) is 2. The highest BCUT2D eigenvalue weighted by Gasteiger charge is 2.17. The molecule has 1 aromatic rings. The summed E-state index contributed by atoms with van der Waals surface area (Å²) in [6, 6.07) is 1.78. The van der Waals surface area contributed by atoms with Crippen molar-refractivity contribution in [1.29, 1.82) is 0 Å². The van der Waals surface area contributed by atoms with Gasteiger partial charge in [-0.2, -0.15) is 5.10 Å². The number of rotatable bonds is 1. The Bertz CT molecular complexity index is 309. The molecule has 1 aromatic heterocycles. The molecule has 0 fully saturated rings. The summed E-state index contributed by atoms with van der Waals surface area (Å²) in [6.07, 6.45) is 1.68. The fourth-order valence-electron chi connectivity index (χ4n) is 1.11. The Hall–Kier alpha value is -1.32. The molecule has 0 saturated carbocycles. The van der Waals surface area contributed by atoms with Gasteiger partial charge in [-0.15, -0.1) is 0 Å². The summed E-state index contributed by atoms with van der Waals surface area (Å²) in [6.45, 7) is 7.59. The molecule has 72 valence electrons. The van der Waals surface area contributed by atoms with Crippen molar-refractivity contribution in [3.05, 3.63) is 12.3 Å². The Morgan fingerprint density at radius 1 is 1.54 bits per heavy atom. The predicted molar refractivity (Wildman–Crippen MR) is 51.5 cm³/mol. The summed E-state index contributed by atoms with van der Waals surface area (Å²) in [5.41, 5.74) is -0.110. The maximum absolute atomic E-state index is 10.8. The standard InChI is InChI=1S/C9H15N3O/c1-7(13)11-8-5-6-10-12(8)9(2,3)4/h5-6H,1-4H3,(H,11,13). The minimum absolute atomic E-state index is 0.0778. The first kappa shape index (κ1) is 9.77. The molecule has 0 aliphatic carbocycles. The molecule has 0 radical (unpaired) electrons. The van der Waals surface area contributed by atoms with Crippen molar-refractivity contribution in [3.8, 4) is 0 Å². The van der Waals surface area contributed by atoms with Gasteiger partial charge < -0.3 is 5.32 Å². The molecule has 0 unspecified atom stereocenters. The monoisotopic (exact) mass is 181 g/mol. The molecule has 1 rings (SSSR count). The van der Waals surface area contributed by atoms with Gasteiger partial charge in [0, 0.05) is 13.0 Å². The van der Waals surface area contributed by atoms with Gasteiger partial charge in [0.15, 0.2) is 0 Å². The Balaban J connectivity index is 2.96. The predicted octanol–water partition coefficient (Wildman–Crippen LogP) is 1.60. The maximum Gasteiger partial charge on any atom is 0.222 e. The van der Waals surface area contributed by atoms with Gasteiger partial charge in [0.25, 0.3) is 0 Å². The zero-order chi connectivity index (χ0) is 10.1. The zero-order valence-corrected chi connectivity index (χ0v) is 8.46. The van der Waals surface area contributed by atoms with Crippen LogP contribution in [0.25, 0.3) is 0 Å².